The van der Waals surface area contributed by atoms with E-state index >= 15 is 0 Å². The number of hydrogen-bond donors (Lipinski definition) is 2. The van der Waals surface area contributed by atoms with Crippen LogP contribution in [-0.2, 0) is 4.79 Å². The van der Waals surface area contributed by atoms with Gasteiger partial charge in [0, 0.05) is 13.0 Å². The molecule has 0 aliphatic carbocycles. The lowest BCUT2D eigenvalue weighted by atomic mass is 10.2. The van der Waals surface area contributed by atoms with Crippen LogP contribution in [0.3, 0.4) is 0 Å². The van der Waals surface area contributed by atoms with Crippen molar-refractivity contribution < 1.29 is 18.0 Å². The van der Waals surface area contributed by atoms with Crippen molar-refractivity contribution in [1.29, 1.82) is 0 Å². The molecule has 0 aliphatic rings. The van der Waals surface area contributed by atoms with Crippen LogP contribution < -0.4 is 11.1 Å². The van der Waals surface area contributed by atoms with Crippen molar-refractivity contribution in [2.75, 3.05) is 13.1 Å². The molecule has 6 heteroatoms. The maximum absolute atomic E-state index is 11.8. The number of amides is 1. The fourth-order valence-corrected chi connectivity index (χ4v) is 1.19. The van der Waals surface area contributed by atoms with Crippen LogP contribution in [0.4, 0.5) is 13.2 Å². The Bertz CT molecular complexity index is 195. The van der Waals surface area contributed by atoms with Gasteiger partial charge in [-0.3, -0.25) is 4.79 Å². The van der Waals surface area contributed by atoms with Crippen molar-refractivity contribution in [3.63, 3.8) is 0 Å². The molecular formula is C10H19F3N2O. The second-order valence-corrected chi connectivity index (χ2v) is 3.67. The lowest BCUT2D eigenvalue weighted by Gasteiger charge is -2.07. The second kappa shape index (κ2) is 8.38. The largest absolute Gasteiger partial charge is 0.389 e. The quantitative estimate of drug-likeness (QED) is 0.637. The van der Waals surface area contributed by atoms with Gasteiger partial charge >= 0.3 is 6.18 Å². The molecule has 0 unspecified atom stereocenters. The van der Waals surface area contributed by atoms with Crippen LogP contribution in [0.2, 0.25) is 0 Å². The normalized spacial score (nSPS) is 11.5. The first kappa shape index (κ1) is 15.2. The molecule has 0 aromatic rings. The van der Waals surface area contributed by atoms with Gasteiger partial charge in [0.1, 0.15) is 0 Å². The summed E-state index contributed by atoms with van der Waals surface area (Å²) in [5.74, 6) is -0.531. The molecule has 96 valence electrons. The van der Waals surface area contributed by atoms with E-state index in [0.717, 1.165) is 25.7 Å². The molecule has 0 atom stereocenters. The van der Waals surface area contributed by atoms with Crippen LogP contribution in [0, 0.1) is 0 Å². The number of nitrogens with one attached hydrogen (secondary N) is 1. The minimum absolute atomic E-state index is 0.446. The van der Waals surface area contributed by atoms with E-state index in [0.29, 0.717) is 13.1 Å². The van der Waals surface area contributed by atoms with Gasteiger partial charge in [0.05, 0.1) is 6.42 Å². The summed E-state index contributed by atoms with van der Waals surface area (Å²) in [5, 5.41) is 2.46. The number of halogens is 3. The standard InChI is InChI=1S/C10H19F3N2O/c11-10(12,13)6-5-9(16)15-8-4-2-1-3-7-14/h1-8,14H2,(H,15,16). The van der Waals surface area contributed by atoms with Crippen LogP contribution in [0.15, 0.2) is 0 Å². The Hall–Kier alpha value is -0.780. The van der Waals surface area contributed by atoms with E-state index < -0.39 is 24.9 Å². The van der Waals surface area contributed by atoms with E-state index in [1.165, 1.54) is 0 Å². The highest BCUT2D eigenvalue weighted by molar-refractivity contribution is 5.75. The van der Waals surface area contributed by atoms with Crippen LogP contribution in [0.5, 0.6) is 0 Å². The van der Waals surface area contributed by atoms with Gasteiger partial charge in [-0.1, -0.05) is 12.8 Å². The molecule has 0 aliphatic heterocycles. The minimum atomic E-state index is -4.25. The molecule has 0 fully saturated rings. The average molecular weight is 240 g/mol. The first-order chi connectivity index (χ1) is 7.45. The van der Waals surface area contributed by atoms with Gasteiger partial charge in [-0.2, -0.15) is 13.2 Å². The summed E-state index contributed by atoms with van der Waals surface area (Å²) in [6.45, 7) is 1.10. The highest BCUT2D eigenvalue weighted by Gasteiger charge is 2.27. The third-order valence-electron chi connectivity index (χ3n) is 2.09. The molecule has 0 radical (unpaired) electrons. The van der Waals surface area contributed by atoms with Crippen molar-refractivity contribution in [2.45, 2.75) is 44.7 Å². The monoisotopic (exact) mass is 240 g/mol. The third-order valence-corrected chi connectivity index (χ3v) is 2.09. The van der Waals surface area contributed by atoms with Gasteiger partial charge in [0.2, 0.25) is 5.91 Å². The molecule has 0 heterocycles. The summed E-state index contributed by atoms with van der Waals surface area (Å²) in [6.07, 6.45) is -2.11. The van der Waals surface area contributed by atoms with Gasteiger partial charge in [-0.15, -0.1) is 0 Å². The molecular weight excluding hydrogens is 221 g/mol. The van der Waals surface area contributed by atoms with Crippen LogP contribution in [0.1, 0.15) is 38.5 Å². The van der Waals surface area contributed by atoms with E-state index in [4.69, 9.17) is 5.73 Å². The molecule has 1 amide bonds. The second-order valence-electron chi connectivity index (χ2n) is 3.67. The van der Waals surface area contributed by atoms with Gasteiger partial charge in [-0.05, 0) is 19.4 Å². The Morgan fingerprint density at radius 3 is 2.31 bits per heavy atom. The van der Waals surface area contributed by atoms with Crippen molar-refractivity contribution in [2.24, 2.45) is 5.73 Å². The molecule has 0 rings (SSSR count). The summed E-state index contributed by atoms with van der Waals surface area (Å²) in [6, 6.07) is 0. The zero-order valence-electron chi connectivity index (χ0n) is 9.28. The predicted molar refractivity (Wildman–Crippen MR) is 55.8 cm³/mol. The SMILES string of the molecule is NCCCCCCNC(=O)CCC(F)(F)F. The molecule has 3 N–H and O–H groups in total. The summed E-state index contributed by atoms with van der Waals surface area (Å²) in [5.41, 5.74) is 5.30. The van der Waals surface area contributed by atoms with Crippen LogP contribution >= 0.6 is 0 Å². The summed E-state index contributed by atoms with van der Waals surface area (Å²) >= 11 is 0. The third kappa shape index (κ3) is 11.3. The maximum Gasteiger partial charge on any atom is 0.389 e. The van der Waals surface area contributed by atoms with Crippen molar-refractivity contribution in [1.82, 2.24) is 5.32 Å². The Morgan fingerprint density at radius 2 is 1.75 bits per heavy atom. The lowest BCUT2D eigenvalue weighted by molar-refractivity contribution is -0.144. The van der Waals surface area contributed by atoms with Crippen molar-refractivity contribution in [3.8, 4) is 0 Å². The van der Waals surface area contributed by atoms with Gasteiger partial charge in [0.25, 0.3) is 0 Å². The highest BCUT2D eigenvalue weighted by Crippen LogP contribution is 2.20. The first-order valence-electron chi connectivity index (χ1n) is 5.49. The Morgan fingerprint density at radius 1 is 1.12 bits per heavy atom. The fourth-order valence-electron chi connectivity index (χ4n) is 1.19. The van der Waals surface area contributed by atoms with Gasteiger partial charge < -0.3 is 11.1 Å². The summed E-state index contributed by atoms with van der Waals surface area (Å²) in [7, 11) is 0. The zero-order chi connectivity index (χ0) is 12.4. The molecule has 0 saturated carbocycles. The number of nitrogens with two attached hydrogens (primary N) is 1. The van der Waals surface area contributed by atoms with Crippen molar-refractivity contribution >= 4 is 5.91 Å². The highest BCUT2D eigenvalue weighted by atomic mass is 19.4. The molecule has 0 saturated heterocycles. The molecule has 3 nitrogen and oxygen atoms in total. The number of rotatable bonds is 8. The predicted octanol–water partition coefficient (Wildman–Crippen LogP) is 1.96. The Labute approximate surface area is 93.6 Å². The topological polar surface area (TPSA) is 55.1 Å². The van der Waals surface area contributed by atoms with Crippen molar-refractivity contribution in [3.05, 3.63) is 0 Å². The van der Waals surface area contributed by atoms with E-state index in [9.17, 15) is 18.0 Å². The van der Waals surface area contributed by atoms with E-state index in [2.05, 4.69) is 5.32 Å². The average Bonchev–Trinajstić information content (AvgIpc) is 2.19. The Balaban J connectivity index is 3.31. The molecule has 0 bridgehead atoms. The fraction of sp³-hybridized carbons (Fsp3) is 0.900. The smallest absolute Gasteiger partial charge is 0.356 e. The van der Waals surface area contributed by atoms with Crippen LogP contribution in [0.25, 0.3) is 0 Å². The minimum Gasteiger partial charge on any atom is -0.356 e. The van der Waals surface area contributed by atoms with E-state index in [1.54, 1.807) is 0 Å². The van der Waals surface area contributed by atoms with Gasteiger partial charge in [-0.25, -0.2) is 0 Å². The first-order valence-corrected chi connectivity index (χ1v) is 5.49. The number of unbranched alkanes of at least 4 members (excludes halogenated alkanes) is 3. The molecule has 0 aromatic heterocycles. The maximum atomic E-state index is 11.8. The van der Waals surface area contributed by atoms with Crippen LogP contribution in [-0.4, -0.2) is 25.2 Å². The number of carbonyl (C=O) groups excluding carboxylic acids is 1. The Kier molecular flexibility index (Phi) is 7.97. The summed E-state index contributed by atoms with van der Waals surface area (Å²) in [4.78, 5) is 10.9. The lowest BCUT2D eigenvalue weighted by Crippen LogP contribution is -2.25. The summed E-state index contributed by atoms with van der Waals surface area (Å²) < 4.78 is 35.3. The number of hydrogen-bond acceptors (Lipinski definition) is 2. The van der Waals surface area contributed by atoms with E-state index in [1.807, 2.05) is 0 Å². The molecule has 0 aromatic carbocycles. The number of carbonyl (C=O) groups is 1. The molecule has 0 spiro atoms. The zero-order valence-corrected chi connectivity index (χ0v) is 9.28. The van der Waals surface area contributed by atoms with Gasteiger partial charge in [0.15, 0.2) is 0 Å². The van der Waals surface area contributed by atoms with E-state index in [-0.39, 0.29) is 0 Å². The number of alkyl halides is 3. The molecule has 16 heavy (non-hydrogen) atoms.